The van der Waals surface area contributed by atoms with Gasteiger partial charge >= 0.3 is 0 Å². The SMILES string of the molecule is CC(C)NS(=O)(=O)c1ccc(CCC(=O)Nc2cccc3ccccc23)cc1. The van der Waals surface area contributed by atoms with Crippen molar-refractivity contribution in [1.82, 2.24) is 4.72 Å². The third-order valence-corrected chi connectivity index (χ3v) is 6.00. The normalized spacial score (nSPS) is 11.7. The summed E-state index contributed by atoms with van der Waals surface area (Å²) in [6.45, 7) is 3.56. The van der Waals surface area contributed by atoms with Crippen LogP contribution in [-0.2, 0) is 21.2 Å². The summed E-state index contributed by atoms with van der Waals surface area (Å²) < 4.78 is 26.9. The Hall–Kier alpha value is -2.70. The molecule has 0 aliphatic rings. The van der Waals surface area contributed by atoms with Crippen molar-refractivity contribution < 1.29 is 13.2 Å². The second kappa shape index (κ2) is 8.54. The molecule has 6 heteroatoms. The van der Waals surface area contributed by atoms with Crippen LogP contribution in [-0.4, -0.2) is 20.4 Å². The fourth-order valence-corrected chi connectivity index (χ4v) is 4.27. The Balaban J connectivity index is 1.62. The van der Waals surface area contributed by atoms with Gasteiger partial charge in [-0.25, -0.2) is 13.1 Å². The second-order valence-corrected chi connectivity index (χ2v) is 8.71. The number of carbonyl (C=O) groups excluding carboxylic acids is 1. The maximum atomic E-state index is 12.4. The summed E-state index contributed by atoms with van der Waals surface area (Å²) in [5, 5.41) is 5.05. The maximum absolute atomic E-state index is 12.4. The first-order valence-electron chi connectivity index (χ1n) is 9.24. The van der Waals surface area contributed by atoms with Crippen molar-refractivity contribution in [3.8, 4) is 0 Å². The van der Waals surface area contributed by atoms with Crippen LogP contribution in [0.5, 0.6) is 0 Å². The van der Waals surface area contributed by atoms with E-state index in [1.54, 1.807) is 38.1 Å². The van der Waals surface area contributed by atoms with Gasteiger partial charge in [0, 0.05) is 23.5 Å². The van der Waals surface area contributed by atoms with Crippen LogP contribution in [0.3, 0.4) is 0 Å². The summed E-state index contributed by atoms with van der Waals surface area (Å²) in [5.74, 6) is -0.0745. The monoisotopic (exact) mass is 396 g/mol. The van der Waals surface area contributed by atoms with Crippen molar-refractivity contribution in [2.24, 2.45) is 0 Å². The van der Waals surface area contributed by atoms with Gasteiger partial charge in [-0.3, -0.25) is 4.79 Å². The third-order valence-electron chi connectivity index (χ3n) is 4.33. The van der Waals surface area contributed by atoms with Crippen LogP contribution in [0, 0.1) is 0 Å². The van der Waals surface area contributed by atoms with Gasteiger partial charge in [-0.1, -0.05) is 48.5 Å². The number of benzene rings is 3. The van der Waals surface area contributed by atoms with E-state index in [-0.39, 0.29) is 16.8 Å². The lowest BCUT2D eigenvalue weighted by Crippen LogP contribution is -2.30. The zero-order chi connectivity index (χ0) is 20.1. The predicted molar refractivity (Wildman–Crippen MR) is 113 cm³/mol. The molecule has 0 bridgehead atoms. The Kier molecular flexibility index (Phi) is 6.11. The van der Waals surface area contributed by atoms with E-state index < -0.39 is 10.0 Å². The van der Waals surface area contributed by atoms with Gasteiger partial charge in [-0.05, 0) is 49.4 Å². The third kappa shape index (κ3) is 4.97. The number of anilines is 1. The van der Waals surface area contributed by atoms with E-state index in [9.17, 15) is 13.2 Å². The van der Waals surface area contributed by atoms with Crippen LogP contribution in [0.25, 0.3) is 10.8 Å². The molecular weight excluding hydrogens is 372 g/mol. The Bertz CT molecular complexity index is 1070. The Labute approximate surface area is 165 Å². The van der Waals surface area contributed by atoms with Gasteiger partial charge in [0.25, 0.3) is 0 Å². The lowest BCUT2D eigenvalue weighted by molar-refractivity contribution is -0.116. The fraction of sp³-hybridized carbons (Fsp3) is 0.227. The topological polar surface area (TPSA) is 75.3 Å². The molecule has 0 aliphatic carbocycles. The van der Waals surface area contributed by atoms with Crippen molar-refractivity contribution in [3.63, 3.8) is 0 Å². The van der Waals surface area contributed by atoms with Crippen LogP contribution >= 0.6 is 0 Å². The first-order chi connectivity index (χ1) is 13.3. The average Bonchev–Trinajstić information content (AvgIpc) is 2.66. The molecule has 0 heterocycles. The number of hydrogen-bond donors (Lipinski definition) is 2. The van der Waals surface area contributed by atoms with Crippen molar-refractivity contribution in [1.29, 1.82) is 0 Å². The van der Waals surface area contributed by atoms with Gasteiger partial charge in [0.2, 0.25) is 15.9 Å². The summed E-state index contributed by atoms with van der Waals surface area (Å²) in [4.78, 5) is 12.6. The molecular formula is C22H24N2O3S. The maximum Gasteiger partial charge on any atom is 0.240 e. The highest BCUT2D eigenvalue weighted by atomic mass is 32.2. The molecule has 5 nitrogen and oxygen atoms in total. The van der Waals surface area contributed by atoms with Gasteiger partial charge < -0.3 is 5.32 Å². The minimum absolute atomic E-state index is 0.0745. The molecule has 2 N–H and O–H groups in total. The van der Waals surface area contributed by atoms with Crippen LogP contribution < -0.4 is 10.0 Å². The summed E-state index contributed by atoms with van der Waals surface area (Å²) >= 11 is 0. The molecule has 146 valence electrons. The van der Waals surface area contributed by atoms with Crippen LogP contribution in [0.1, 0.15) is 25.8 Å². The first kappa shape index (κ1) is 20.0. The lowest BCUT2D eigenvalue weighted by Gasteiger charge is -2.10. The van der Waals surface area contributed by atoms with E-state index in [1.807, 2.05) is 42.5 Å². The van der Waals surface area contributed by atoms with Crippen molar-refractivity contribution in [2.75, 3.05) is 5.32 Å². The summed E-state index contributed by atoms with van der Waals surface area (Å²) in [6.07, 6.45) is 0.855. The van der Waals surface area contributed by atoms with Gasteiger partial charge in [0.05, 0.1) is 4.90 Å². The summed E-state index contributed by atoms with van der Waals surface area (Å²) in [6, 6.07) is 20.2. The van der Waals surface area contributed by atoms with E-state index in [0.717, 1.165) is 22.0 Å². The Morgan fingerprint density at radius 3 is 2.32 bits per heavy atom. The fourth-order valence-electron chi connectivity index (χ4n) is 3.02. The van der Waals surface area contributed by atoms with Crippen LogP contribution in [0.4, 0.5) is 5.69 Å². The van der Waals surface area contributed by atoms with Gasteiger partial charge in [-0.15, -0.1) is 0 Å². The number of aryl methyl sites for hydroxylation is 1. The number of carbonyl (C=O) groups is 1. The quantitative estimate of drug-likeness (QED) is 0.631. The molecule has 0 atom stereocenters. The molecule has 0 spiro atoms. The smallest absolute Gasteiger partial charge is 0.240 e. The number of amides is 1. The molecule has 0 unspecified atom stereocenters. The number of sulfonamides is 1. The van der Waals surface area contributed by atoms with E-state index in [0.29, 0.717) is 12.8 Å². The minimum Gasteiger partial charge on any atom is -0.326 e. The Morgan fingerprint density at radius 2 is 1.61 bits per heavy atom. The lowest BCUT2D eigenvalue weighted by atomic mass is 10.1. The molecule has 0 fully saturated rings. The Morgan fingerprint density at radius 1 is 0.929 bits per heavy atom. The predicted octanol–water partition coefficient (Wildman–Crippen LogP) is 4.10. The standard InChI is InChI=1S/C22H24N2O3S/c1-16(2)24-28(26,27)19-13-10-17(11-14-19)12-15-22(25)23-21-9-5-7-18-6-3-4-8-20(18)21/h3-11,13-14,16,24H,12,15H2,1-2H3,(H,23,25). The van der Waals surface area contributed by atoms with Gasteiger partial charge in [0.1, 0.15) is 0 Å². The highest BCUT2D eigenvalue weighted by Gasteiger charge is 2.15. The summed E-state index contributed by atoms with van der Waals surface area (Å²) in [5.41, 5.74) is 1.71. The number of fused-ring (bicyclic) bond motifs is 1. The zero-order valence-electron chi connectivity index (χ0n) is 16.0. The van der Waals surface area contributed by atoms with Gasteiger partial charge in [0.15, 0.2) is 0 Å². The van der Waals surface area contributed by atoms with E-state index in [4.69, 9.17) is 0 Å². The van der Waals surface area contributed by atoms with E-state index in [1.165, 1.54) is 0 Å². The van der Waals surface area contributed by atoms with Crippen LogP contribution in [0.2, 0.25) is 0 Å². The van der Waals surface area contributed by atoms with Crippen molar-refractivity contribution >= 4 is 32.4 Å². The van der Waals surface area contributed by atoms with E-state index in [2.05, 4.69) is 10.0 Å². The molecule has 3 aromatic carbocycles. The van der Waals surface area contributed by atoms with Crippen molar-refractivity contribution in [2.45, 2.75) is 37.6 Å². The second-order valence-electron chi connectivity index (χ2n) is 6.99. The molecule has 0 aliphatic heterocycles. The van der Waals surface area contributed by atoms with Crippen molar-refractivity contribution in [3.05, 3.63) is 72.3 Å². The number of rotatable bonds is 7. The van der Waals surface area contributed by atoms with Gasteiger partial charge in [-0.2, -0.15) is 0 Å². The van der Waals surface area contributed by atoms with Crippen LogP contribution in [0.15, 0.2) is 71.6 Å². The molecule has 3 aromatic rings. The molecule has 1 amide bonds. The summed E-state index contributed by atoms with van der Waals surface area (Å²) in [7, 11) is -3.50. The zero-order valence-corrected chi connectivity index (χ0v) is 16.8. The highest BCUT2D eigenvalue weighted by Crippen LogP contribution is 2.23. The molecule has 0 aromatic heterocycles. The largest absolute Gasteiger partial charge is 0.326 e. The van der Waals surface area contributed by atoms with E-state index >= 15 is 0 Å². The molecule has 28 heavy (non-hydrogen) atoms. The molecule has 0 saturated carbocycles. The first-order valence-corrected chi connectivity index (χ1v) is 10.7. The minimum atomic E-state index is -3.50. The molecule has 3 rings (SSSR count). The number of nitrogens with one attached hydrogen (secondary N) is 2. The highest BCUT2D eigenvalue weighted by molar-refractivity contribution is 7.89. The molecule has 0 radical (unpaired) electrons. The average molecular weight is 397 g/mol. The molecule has 0 saturated heterocycles. The number of hydrogen-bond acceptors (Lipinski definition) is 3.